The molecule has 0 spiro atoms. The van der Waals surface area contributed by atoms with Gasteiger partial charge in [0.15, 0.2) is 0 Å². The van der Waals surface area contributed by atoms with Crippen LogP contribution in [0.3, 0.4) is 0 Å². The minimum Gasteiger partial charge on any atom is -0.316 e. The zero-order valence-electron chi connectivity index (χ0n) is 11.3. The molecule has 0 aromatic carbocycles. The summed E-state index contributed by atoms with van der Waals surface area (Å²) in [6.07, 6.45) is 5.64. The third-order valence-corrected chi connectivity index (χ3v) is 3.72. The molecule has 0 bridgehead atoms. The summed E-state index contributed by atoms with van der Waals surface area (Å²) in [5.41, 5.74) is 4.32. The van der Waals surface area contributed by atoms with Gasteiger partial charge in [-0.1, -0.05) is 0 Å². The summed E-state index contributed by atoms with van der Waals surface area (Å²) in [5, 5.41) is 10.7. The zero-order valence-corrected chi connectivity index (χ0v) is 11.3. The van der Waals surface area contributed by atoms with Gasteiger partial charge >= 0.3 is 0 Å². The van der Waals surface area contributed by atoms with Gasteiger partial charge in [0.25, 0.3) is 0 Å². The molecule has 0 saturated carbocycles. The Balaban J connectivity index is 1.75. The van der Waals surface area contributed by atoms with E-state index in [9.17, 15) is 0 Å². The smallest absolute Gasteiger partial charge is 0.111 e. The molecule has 1 saturated heterocycles. The number of rotatable bonds is 3. The molecule has 100 valence electrons. The molecule has 2 aromatic rings. The number of H-pyrrole nitrogens is 1. The van der Waals surface area contributed by atoms with Crippen LogP contribution in [0.2, 0.25) is 0 Å². The Hall–Kier alpha value is -1.68. The number of hydrogen-bond acceptors (Lipinski definition) is 3. The lowest BCUT2D eigenvalue weighted by Crippen LogP contribution is -2.30. The Bertz CT molecular complexity index is 541. The van der Waals surface area contributed by atoms with Crippen molar-refractivity contribution in [3.8, 4) is 11.4 Å². The largest absolute Gasteiger partial charge is 0.316 e. The Labute approximate surface area is 113 Å². The van der Waals surface area contributed by atoms with Crippen molar-refractivity contribution in [2.75, 3.05) is 13.1 Å². The predicted octanol–water partition coefficient (Wildman–Crippen LogP) is 2.32. The van der Waals surface area contributed by atoms with Crippen LogP contribution in [0.15, 0.2) is 24.4 Å². The van der Waals surface area contributed by atoms with Crippen LogP contribution in [-0.2, 0) is 6.42 Å². The van der Waals surface area contributed by atoms with E-state index in [-0.39, 0.29) is 0 Å². The standard InChI is InChI=1S/C15H20N4/c1-11-7-15(19-18-11)14-9-12(4-6-17-14)8-13-3-2-5-16-10-13/h4,6-7,9,13,16H,2-3,5,8,10H2,1H3,(H,18,19). The average molecular weight is 256 g/mol. The Morgan fingerprint density at radius 1 is 1.32 bits per heavy atom. The van der Waals surface area contributed by atoms with E-state index in [1.165, 1.54) is 24.9 Å². The zero-order chi connectivity index (χ0) is 13.1. The van der Waals surface area contributed by atoms with Crippen LogP contribution < -0.4 is 5.32 Å². The molecule has 3 heterocycles. The van der Waals surface area contributed by atoms with Gasteiger partial charge in [-0.25, -0.2) is 0 Å². The molecule has 1 aliphatic heterocycles. The molecule has 19 heavy (non-hydrogen) atoms. The Morgan fingerprint density at radius 2 is 2.26 bits per heavy atom. The van der Waals surface area contributed by atoms with Gasteiger partial charge in [-0.05, 0) is 69.0 Å². The Kier molecular flexibility index (Phi) is 3.60. The molecule has 0 aliphatic carbocycles. The SMILES string of the molecule is Cc1cc(-c2cc(CC3CCCNC3)ccn2)n[nH]1. The van der Waals surface area contributed by atoms with Crippen molar-refractivity contribution in [1.29, 1.82) is 0 Å². The Morgan fingerprint density at radius 3 is 3.00 bits per heavy atom. The summed E-state index contributed by atoms with van der Waals surface area (Å²) < 4.78 is 0. The number of aromatic amines is 1. The van der Waals surface area contributed by atoms with Gasteiger partial charge in [0.05, 0.1) is 5.69 Å². The molecule has 2 N–H and O–H groups in total. The molecule has 1 atom stereocenters. The molecule has 0 amide bonds. The molecule has 2 aromatic heterocycles. The number of nitrogens with zero attached hydrogens (tertiary/aromatic N) is 2. The van der Waals surface area contributed by atoms with E-state index in [2.05, 4.69) is 32.6 Å². The van der Waals surface area contributed by atoms with E-state index in [1.807, 2.05) is 19.2 Å². The fourth-order valence-electron chi connectivity index (χ4n) is 2.72. The summed E-state index contributed by atoms with van der Waals surface area (Å²) >= 11 is 0. The molecule has 1 unspecified atom stereocenters. The van der Waals surface area contributed by atoms with Crippen molar-refractivity contribution in [2.24, 2.45) is 5.92 Å². The minimum atomic E-state index is 0.755. The highest BCUT2D eigenvalue weighted by atomic mass is 15.1. The maximum absolute atomic E-state index is 4.42. The quantitative estimate of drug-likeness (QED) is 0.886. The highest BCUT2D eigenvalue weighted by Crippen LogP contribution is 2.20. The topological polar surface area (TPSA) is 53.6 Å². The minimum absolute atomic E-state index is 0.755. The van der Waals surface area contributed by atoms with Crippen LogP contribution in [0.1, 0.15) is 24.1 Å². The van der Waals surface area contributed by atoms with E-state index in [0.717, 1.165) is 36.0 Å². The third kappa shape index (κ3) is 3.01. The summed E-state index contributed by atoms with van der Waals surface area (Å²) in [4.78, 5) is 4.42. The molecule has 0 radical (unpaired) electrons. The van der Waals surface area contributed by atoms with E-state index < -0.39 is 0 Å². The molecular weight excluding hydrogens is 236 g/mol. The second-order valence-corrected chi connectivity index (χ2v) is 5.40. The summed E-state index contributed by atoms with van der Waals surface area (Å²) in [6.45, 7) is 4.32. The van der Waals surface area contributed by atoms with Crippen molar-refractivity contribution in [2.45, 2.75) is 26.2 Å². The molecular formula is C15H20N4. The van der Waals surface area contributed by atoms with Crippen molar-refractivity contribution >= 4 is 0 Å². The lowest BCUT2D eigenvalue weighted by Gasteiger charge is -2.22. The second-order valence-electron chi connectivity index (χ2n) is 5.40. The van der Waals surface area contributed by atoms with Gasteiger partial charge in [-0.15, -0.1) is 0 Å². The van der Waals surface area contributed by atoms with Crippen LogP contribution in [0.4, 0.5) is 0 Å². The van der Waals surface area contributed by atoms with E-state index >= 15 is 0 Å². The van der Waals surface area contributed by atoms with Gasteiger partial charge in [0.2, 0.25) is 0 Å². The van der Waals surface area contributed by atoms with Crippen molar-refractivity contribution < 1.29 is 0 Å². The van der Waals surface area contributed by atoms with E-state index in [0.29, 0.717) is 0 Å². The number of nitrogens with one attached hydrogen (secondary N) is 2. The molecule has 3 rings (SSSR count). The number of aryl methyl sites for hydroxylation is 1. The molecule has 1 aliphatic rings. The third-order valence-electron chi connectivity index (χ3n) is 3.72. The van der Waals surface area contributed by atoms with E-state index in [1.54, 1.807) is 0 Å². The first kappa shape index (κ1) is 12.4. The summed E-state index contributed by atoms with van der Waals surface area (Å²) in [6, 6.07) is 6.33. The van der Waals surface area contributed by atoms with Gasteiger partial charge in [-0.3, -0.25) is 10.1 Å². The fraction of sp³-hybridized carbons (Fsp3) is 0.467. The van der Waals surface area contributed by atoms with Crippen molar-refractivity contribution in [1.82, 2.24) is 20.5 Å². The first-order valence-corrected chi connectivity index (χ1v) is 6.99. The first-order valence-electron chi connectivity index (χ1n) is 6.99. The van der Waals surface area contributed by atoms with Crippen LogP contribution in [0.5, 0.6) is 0 Å². The lowest BCUT2D eigenvalue weighted by atomic mass is 9.92. The van der Waals surface area contributed by atoms with Crippen molar-refractivity contribution in [3.05, 3.63) is 35.7 Å². The van der Waals surface area contributed by atoms with Crippen LogP contribution >= 0.6 is 0 Å². The average Bonchev–Trinajstić information content (AvgIpc) is 2.87. The summed E-state index contributed by atoms with van der Waals surface area (Å²) in [7, 11) is 0. The normalized spacial score (nSPS) is 19.5. The number of aromatic nitrogens is 3. The van der Waals surface area contributed by atoms with Gasteiger partial charge in [-0.2, -0.15) is 5.10 Å². The van der Waals surface area contributed by atoms with Crippen molar-refractivity contribution in [3.63, 3.8) is 0 Å². The fourth-order valence-corrected chi connectivity index (χ4v) is 2.72. The monoisotopic (exact) mass is 256 g/mol. The lowest BCUT2D eigenvalue weighted by molar-refractivity contribution is 0.376. The van der Waals surface area contributed by atoms with Crippen LogP contribution in [0.25, 0.3) is 11.4 Å². The maximum atomic E-state index is 4.42. The second kappa shape index (κ2) is 5.53. The molecule has 4 heteroatoms. The van der Waals surface area contributed by atoms with Gasteiger partial charge < -0.3 is 5.32 Å². The highest BCUT2D eigenvalue weighted by Gasteiger charge is 2.14. The highest BCUT2D eigenvalue weighted by molar-refractivity contribution is 5.54. The maximum Gasteiger partial charge on any atom is 0.111 e. The number of piperidine rings is 1. The number of pyridine rings is 1. The molecule has 4 nitrogen and oxygen atoms in total. The first-order chi connectivity index (χ1) is 9.31. The van der Waals surface area contributed by atoms with Gasteiger partial charge in [0.1, 0.15) is 5.69 Å². The van der Waals surface area contributed by atoms with Gasteiger partial charge in [0, 0.05) is 11.9 Å². The van der Waals surface area contributed by atoms with E-state index in [4.69, 9.17) is 0 Å². The molecule has 1 fully saturated rings. The number of hydrogen-bond donors (Lipinski definition) is 2. The summed E-state index contributed by atoms with van der Waals surface area (Å²) in [5.74, 6) is 0.755. The van der Waals surface area contributed by atoms with Crippen LogP contribution in [-0.4, -0.2) is 28.3 Å². The predicted molar refractivity (Wildman–Crippen MR) is 75.9 cm³/mol. The van der Waals surface area contributed by atoms with Crippen LogP contribution in [0, 0.1) is 12.8 Å².